The number of carbonyl (C=O) groups is 1. The van der Waals surface area contributed by atoms with Crippen LogP contribution < -0.4 is 14.8 Å². The van der Waals surface area contributed by atoms with Gasteiger partial charge in [-0.3, -0.25) is 4.79 Å². The third-order valence-corrected chi connectivity index (χ3v) is 3.24. The Hall–Kier alpha value is -2.48. The third-order valence-electron chi connectivity index (χ3n) is 3.00. The Labute approximate surface area is 145 Å². The molecule has 2 aromatic rings. The van der Waals surface area contributed by atoms with Gasteiger partial charge < -0.3 is 14.8 Å². The molecule has 0 aliphatic heterocycles. The largest absolute Gasteiger partial charge is 0.497 e. The van der Waals surface area contributed by atoms with Crippen molar-refractivity contribution in [2.75, 3.05) is 19.0 Å². The fraction of sp³-hybridized carbons (Fsp3) is 0.188. The van der Waals surface area contributed by atoms with E-state index >= 15 is 0 Å². The Kier molecular flexibility index (Phi) is 5.73. The molecule has 25 heavy (non-hydrogen) atoms. The number of ether oxygens (including phenoxy) is 2. The van der Waals surface area contributed by atoms with Gasteiger partial charge in [-0.1, -0.05) is 11.6 Å². The molecule has 0 atom stereocenters. The van der Waals surface area contributed by atoms with E-state index in [0.717, 1.165) is 6.07 Å². The zero-order valence-electron chi connectivity index (χ0n) is 12.8. The maximum Gasteiger partial charge on any atom is 0.422 e. The summed E-state index contributed by atoms with van der Waals surface area (Å²) in [5.74, 6) is -1.76. The molecule has 0 aliphatic rings. The molecule has 0 aromatic heterocycles. The molecule has 0 bridgehead atoms. The van der Waals surface area contributed by atoms with Crippen molar-refractivity contribution >= 4 is 23.2 Å². The number of methoxy groups -OCH3 is 1. The van der Waals surface area contributed by atoms with Gasteiger partial charge in [0.05, 0.1) is 18.4 Å². The standard InChI is InChI=1S/C16H12ClF4NO3/c1-24-10-3-4-11(12(18)7-10)15(23)22-13-6-9(17)2-5-14(13)25-8-16(19,20)21/h2-7H,8H2,1H3,(H,22,23). The number of hydrogen-bond acceptors (Lipinski definition) is 3. The van der Waals surface area contributed by atoms with Gasteiger partial charge in [0.25, 0.3) is 5.91 Å². The van der Waals surface area contributed by atoms with Crippen LogP contribution in [-0.4, -0.2) is 25.8 Å². The molecule has 0 fully saturated rings. The number of carbonyl (C=O) groups excluding carboxylic acids is 1. The highest BCUT2D eigenvalue weighted by molar-refractivity contribution is 6.31. The van der Waals surface area contributed by atoms with Crippen LogP contribution in [0.25, 0.3) is 0 Å². The Balaban J connectivity index is 2.23. The van der Waals surface area contributed by atoms with E-state index in [1.165, 1.54) is 37.4 Å². The molecule has 1 N–H and O–H groups in total. The zero-order chi connectivity index (χ0) is 18.6. The highest BCUT2D eigenvalue weighted by Gasteiger charge is 2.29. The van der Waals surface area contributed by atoms with E-state index in [-0.39, 0.29) is 27.8 Å². The summed E-state index contributed by atoms with van der Waals surface area (Å²) in [6.07, 6.45) is -4.55. The van der Waals surface area contributed by atoms with E-state index in [1.54, 1.807) is 0 Å². The maximum atomic E-state index is 13.9. The van der Waals surface area contributed by atoms with Crippen molar-refractivity contribution in [2.24, 2.45) is 0 Å². The first-order valence-electron chi connectivity index (χ1n) is 6.83. The fourth-order valence-electron chi connectivity index (χ4n) is 1.88. The Morgan fingerprint density at radius 3 is 2.52 bits per heavy atom. The average molecular weight is 378 g/mol. The topological polar surface area (TPSA) is 47.6 Å². The number of halogens is 5. The van der Waals surface area contributed by atoms with E-state index < -0.39 is 24.5 Å². The van der Waals surface area contributed by atoms with Gasteiger partial charge in [-0.25, -0.2) is 4.39 Å². The predicted octanol–water partition coefficient (Wildman–Crippen LogP) is 4.68. The van der Waals surface area contributed by atoms with Gasteiger partial charge in [0.1, 0.15) is 17.3 Å². The average Bonchev–Trinajstić information content (AvgIpc) is 2.52. The molecule has 1 amide bonds. The van der Waals surface area contributed by atoms with E-state index in [1.807, 2.05) is 0 Å². The fourth-order valence-corrected chi connectivity index (χ4v) is 2.05. The van der Waals surface area contributed by atoms with Crippen LogP contribution in [0.1, 0.15) is 10.4 Å². The van der Waals surface area contributed by atoms with E-state index in [0.29, 0.717) is 0 Å². The molecule has 0 unspecified atom stereocenters. The zero-order valence-corrected chi connectivity index (χ0v) is 13.5. The first kappa shape index (κ1) is 18.9. The molecule has 0 saturated heterocycles. The van der Waals surface area contributed by atoms with Crippen LogP contribution in [0.15, 0.2) is 36.4 Å². The van der Waals surface area contributed by atoms with Crippen LogP contribution in [0, 0.1) is 5.82 Å². The molecule has 2 rings (SSSR count). The molecule has 0 saturated carbocycles. The molecule has 0 spiro atoms. The van der Waals surface area contributed by atoms with E-state index in [2.05, 4.69) is 10.1 Å². The molecule has 0 aliphatic carbocycles. The van der Waals surface area contributed by atoms with Crippen molar-refractivity contribution in [1.29, 1.82) is 0 Å². The molecule has 0 heterocycles. The summed E-state index contributed by atoms with van der Waals surface area (Å²) in [5, 5.41) is 2.44. The number of nitrogens with one attached hydrogen (secondary N) is 1. The lowest BCUT2D eigenvalue weighted by atomic mass is 10.2. The monoisotopic (exact) mass is 377 g/mol. The first-order chi connectivity index (χ1) is 11.7. The second-order valence-corrected chi connectivity index (χ2v) is 5.28. The molecule has 9 heteroatoms. The van der Waals surface area contributed by atoms with Crippen molar-refractivity contribution in [2.45, 2.75) is 6.18 Å². The lowest BCUT2D eigenvalue weighted by Crippen LogP contribution is -2.20. The summed E-state index contributed by atoms with van der Waals surface area (Å²) < 4.78 is 60.3. The van der Waals surface area contributed by atoms with Crippen molar-refractivity contribution in [3.63, 3.8) is 0 Å². The molecular formula is C16H12ClF4NO3. The smallest absolute Gasteiger partial charge is 0.422 e. The van der Waals surface area contributed by atoms with Crippen LogP contribution in [0.5, 0.6) is 11.5 Å². The maximum absolute atomic E-state index is 13.9. The lowest BCUT2D eigenvalue weighted by molar-refractivity contribution is -0.153. The molecule has 0 radical (unpaired) electrons. The highest BCUT2D eigenvalue weighted by atomic mass is 35.5. The molecular weight excluding hydrogens is 366 g/mol. The van der Waals surface area contributed by atoms with Crippen molar-refractivity contribution in [3.8, 4) is 11.5 Å². The van der Waals surface area contributed by atoms with Crippen LogP contribution in [0.3, 0.4) is 0 Å². The number of anilines is 1. The molecule has 134 valence electrons. The van der Waals surface area contributed by atoms with Gasteiger partial charge in [-0.05, 0) is 30.3 Å². The third kappa shape index (κ3) is 5.25. The predicted molar refractivity (Wildman–Crippen MR) is 83.9 cm³/mol. The van der Waals surface area contributed by atoms with Crippen molar-refractivity contribution in [1.82, 2.24) is 0 Å². The van der Waals surface area contributed by atoms with Crippen LogP contribution in [0.2, 0.25) is 5.02 Å². The molecule has 2 aromatic carbocycles. The highest BCUT2D eigenvalue weighted by Crippen LogP contribution is 2.30. The Bertz CT molecular complexity index is 780. The number of hydrogen-bond donors (Lipinski definition) is 1. The minimum absolute atomic E-state index is 0.114. The summed E-state index contributed by atoms with van der Waals surface area (Å²) in [7, 11) is 1.34. The Morgan fingerprint density at radius 1 is 1.20 bits per heavy atom. The normalized spacial score (nSPS) is 11.1. The van der Waals surface area contributed by atoms with Gasteiger partial charge in [-0.2, -0.15) is 13.2 Å². The van der Waals surface area contributed by atoms with E-state index in [9.17, 15) is 22.4 Å². The minimum Gasteiger partial charge on any atom is -0.497 e. The second-order valence-electron chi connectivity index (χ2n) is 4.84. The van der Waals surface area contributed by atoms with Crippen LogP contribution in [0.4, 0.5) is 23.2 Å². The summed E-state index contributed by atoms with van der Waals surface area (Å²) in [6.45, 7) is -1.55. The summed E-state index contributed by atoms with van der Waals surface area (Å²) in [4.78, 5) is 12.2. The lowest BCUT2D eigenvalue weighted by Gasteiger charge is -2.14. The summed E-state index contributed by atoms with van der Waals surface area (Å²) in [6, 6.07) is 7.24. The summed E-state index contributed by atoms with van der Waals surface area (Å²) >= 11 is 5.79. The quantitative estimate of drug-likeness (QED) is 0.769. The minimum atomic E-state index is -4.55. The van der Waals surface area contributed by atoms with Gasteiger partial charge in [-0.15, -0.1) is 0 Å². The van der Waals surface area contributed by atoms with Crippen LogP contribution >= 0.6 is 11.6 Å². The number of amides is 1. The van der Waals surface area contributed by atoms with Gasteiger partial charge >= 0.3 is 6.18 Å². The van der Waals surface area contributed by atoms with Gasteiger partial charge in [0.15, 0.2) is 6.61 Å². The SMILES string of the molecule is COc1ccc(C(=O)Nc2cc(Cl)ccc2OCC(F)(F)F)c(F)c1. The number of rotatable bonds is 5. The van der Waals surface area contributed by atoms with Crippen LogP contribution in [-0.2, 0) is 0 Å². The first-order valence-corrected chi connectivity index (χ1v) is 7.21. The van der Waals surface area contributed by atoms with Crippen molar-refractivity contribution < 1.29 is 31.8 Å². The summed E-state index contributed by atoms with van der Waals surface area (Å²) in [5.41, 5.74) is -0.431. The molecule has 4 nitrogen and oxygen atoms in total. The van der Waals surface area contributed by atoms with Gasteiger partial charge in [0, 0.05) is 11.1 Å². The number of alkyl halides is 3. The Morgan fingerprint density at radius 2 is 1.92 bits per heavy atom. The van der Waals surface area contributed by atoms with Crippen molar-refractivity contribution in [3.05, 3.63) is 52.8 Å². The van der Waals surface area contributed by atoms with Gasteiger partial charge in [0.2, 0.25) is 0 Å². The second kappa shape index (κ2) is 7.60. The van der Waals surface area contributed by atoms with E-state index in [4.69, 9.17) is 16.3 Å². The number of benzene rings is 2.